The van der Waals surface area contributed by atoms with Gasteiger partial charge in [0.1, 0.15) is 0 Å². The summed E-state index contributed by atoms with van der Waals surface area (Å²) < 4.78 is 0. The van der Waals surface area contributed by atoms with E-state index in [9.17, 15) is 29.7 Å². The first-order chi connectivity index (χ1) is 30.8. The zero-order chi connectivity index (χ0) is 46.3. The van der Waals surface area contributed by atoms with E-state index in [1.165, 1.54) is 116 Å². The highest BCUT2D eigenvalue weighted by Crippen LogP contribution is 2.35. The number of carboxylic acid groups (broad SMARTS) is 3. The number of rotatable bonds is 50. The molecule has 0 radical (unpaired) electrons. The quantitative estimate of drug-likeness (QED) is 0.0414. The number of hydrogen-bond donors (Lipinski definition) is 3. The van der Waals surface area contributed by atoms with Crippen LogP contribution >= 0.6 is 0 Å². The molecule has 3 atom stereocenters. The van der Waals surface area contributed by atoms with Crippen LogP contribution in [0.4, 0.5) is 0 Å². The topological polar surface area (TPSA) is 112 Å². The van der Waals surface area contributed by atoms with Crippen LogP contribution in [-0.2, 0) is 14.4 Å². The lowest BCUT2D eigenvalue weighted by Gasteiger charge is -2.29. The molecule has 6 heteroatoms. The Bertz CT molecular complexity index is 1050. The Labute approximate surface area is 390 Å². The van der Waals surface area contributed by atoms with Gasteiger partial charge >= 0.3 is 17.9 Å². The van der Waals surface area contributed by atoms with Gasteiger partial charge in [0.25, 0.3) is 0 Å². The molecule has 3 unspecified atom stereocenters. The molecule has 3 N–H and O–H groups in total. The van der Waals surface area contributed by atoms with E-state index in [0.29, 0.717) is 19.3 Å². The van der Waals surface area contributed by atoms with Crippen LogP contribution in [0.25, 0.3) is 0 Å². The minimum absolute atomic E-state index is 0.242. The second-order valence-electron chi connectivity index (χ2n) is 19.3. The van der Waals surface area contributed by atoms with Crippen molar-refractivity contribution in [3.8, 4) is 0 Å². The van der Waals surface area contributed by atoms with E-state index in [2.05, 4.69) is 57.2 Å². The summed E-state index contributed by atoms with van der Waals surface area (Å²) in [6, 6.07) is 0. The summed E-state index contributed by atoms with van der Waals surface area (Å²) in [6.45, 7) is 6.75. The van der Waals surface area contributed by atoms with Crippen molar-refractivity contribution < 1.29 is 29.7 Å². The zero-order valence-corrected chi connectivity index (χ0v) is 41.8. The average molecular weight is 885 g/mol. The number of aliphatic carboxylic acids is 3. The third-order valence-corrected chi connectivity index (χ3v) is 13.4. The molecule has 0 aromatic carbocycles. The summed E-state index contributed by atoms with van der Waals surface area (Å²) in [5, 5.41) is 31.3. The molecule has 0 bridgehead atoms. The van der Waals surface area contributed by atoms with Gasteiger partial charge in [0.15, 0.2) is 0 Å². The van der Waals surface area contributed by atoms with Crippen molar-refractivity contribution in [2.24, 2.45) is 23.7 Å². The van der Waals surface area contributed by atoms with Gasteiger partial charge < -0.3 is 15.3 Å². The number of unbranched alkanes of at least 4 members (excludes halogenated alkanes) is 30. The SMILES string of the molecule is CCCCCCCC/C=C/CCCCCCC(CC(CC(CCCCCC/C=C/CCCCCCCC)C(=O)O)C(CCCCCC/C=C/CCCCCCCC)C(=O)O)C(=O)O. The summed E-state index contributed by atoms with van der Waals surface area (Å²) in [5.41, 5.74) is 0. The third kappa shape index (κ3) is 40.8. The van der Waals surface area contributed by atoms with Crippen LogP contribution in [0.2, 0.25) is 0 Å². The molecule has 0 spiro atoms. The standard InChI is InChI=1S/C57H104O6/c1-4-7-10-13-16-19-22-25-28-31-34-37-40-43-46-51(55(58)59)49-53(54(57(62)63)48-45-42-39-36-33-30-27-24-21-18-15-12-9-6-3)50-52(56(60)61)47-44-41-38-35-32-29-26-23-20-17-14-11-8-5-2/h25-30,51-54H,4-24,31-50H2,1-3H3,(H,58,59)(H,60,61)(H,62,63)/b28-25+,29-26+,30-27+. The average Bonchev–Trinajstić information content (AvgIpc) is 3.26. The van der Waals surface area contributed by atoms with E-state index in [0.717, 1.165) is 116 Å². The number of allylic oxidation sites excluding steroid dienone is 6. The van der Waals surface area contributed by atoms with Gasteiger partial charge in [0.2, 0.25) is 0 Å². The number of carboxylic acids is 3. The van der Waals surface area contributed by atoms with Crippen LogP contribution in [0.3, 0.4) is 0 Å². The molecule has 368 valence electrons. The van der Waals surface area contributed by atoms with Crippen LogP contribution < -0.4 is 0 Å². The molecule has 0 aliphatic rings. The maximum absolute atomic E-state index is 12.9. The highest BCUT2D eigenvalue weighted by atomic mass is 16.4. The van der Waals surface area contributed by atoms with Gasteiger partial charge in [-0.15, -0.1) is 0 Å². The molecule has 0 saturated heterocycles. The summed E-state index contributed by atoms with van der Waals surface area (Å²) in [7, 11) is 0. The fraction of sp³-hybridized carbons (Fsp3) is 0.842. The second kappa shape index (κ2) is 47.6. The van der Waals surface area contributed by atoms with Crippen LogP contribution in [0.5, 0.6) is 0 Å². The van der Waals surface area contributed by atoms with Gasteiger partial charge in [-0.05, 0) is 115 Å². The molecule has 63 heavy (non-hydrogen) atoms. The van der Waals surface area contributed by atoms with Gasteiger partial charge in [0, 0.05) is 0 Å². The van der Waals surface area contributed by atoms with Crippen LogP contribution in [0, 0.1) is 23.7 Å². The van der Waals surface area contributed by atoms with E-state index < -0.39 is 41.6 Å². The first-order valence-electron chi connectivity index (χ1n) is 27.4. The zero-order valence-electron chi connectivity index (χ0n) is 41.8. The molecule has 0 aliphatic heterocycles. The van der Waals surface area contributed by atoms with Crippen molar-refractivity contribution in [2.45, 2.75) is 284 Å². The monoisotopic (exact) mass is 885 g/mol. The maximum atomic E-state index is 12.9. The van der Waals surface area contributed by atoms with Gasteiger partial charge in [0.05, 0.1) is 17.8 Å². The Morgan fingerprint density at radius 1 is 0.317 bits per heavy atom. The molecule has 0 fully saturated rings. The lowest BCUT2D eigenvalue weighted by atomic mass is 9.75. The smallest absolute Gasteiger partial charge is 0.306 e. The highest BCUT2D eigenvalue weighted by Gasteiger charge is 2.35. The largest absolute Gasteiger partial charge is 0.481 e. The van der Waals surface area contributed by atoms with E-state index in [1.54, 1.807) is 0 Å². The number of hydrogen-bond acceptors (Lipinski definition) is 3. The fourth-order valence-electron chi connectivity index (χ4n) is 9.23. The highest BCUT2D eigenvalue weighted by molar-refractivity contribution is 5.73. The lowest BCUT2D eigenvalue weighted by molar-refractivity contribution is -0.149. The Balaban J connectivity index is 5.16. The van der Waals surface area contributed by atoms with Crippen LogP contribution in [0.15, 0.2) is 36.5 Å². The minimum atomic E-state index is -0.903. The number of carbonyl (C=O) groups is 3. The summed E-state index contributed by atoms with van der Waals surface area (Å²) in [5.74, 6) is -5.15. The van der Waals surface area contributed by atoms with Gasteiger partial charge in [-0.3, -0.25) is 14.4 Å². The Morgan fingerprint density at radius 2 is 0.556 bits per heavy atom. The summed E-state index contributed by atoms with van der Waals surface area (Å²) >= 11 is 0. The Morgan fingerprint density at radius 3 is 0.810 bits per heavy atom. The van der Waals surface area contributed by atoms with Gasteiger partial charge in [-0.1, -0.05) is 211 Å². The van der Waals surface area contributed by atoms with Gasteiger partial charge in [-0.2, -0.15) is 0 Å². The molecular formula is C57H104O6. The molecule has 0 saturated carbocycles. The minimum Gasteiger partial charge on any atom is -0.481 e. The third-order valence-electron chi connectivity index (χ3n) is 13.4. The van der Waals surface area contributed by atoms with Crippen molar-refractivity contribution in [2.75, 3.05) is 0 Å². The molecule has 0 heterocycles. The summed E-state index contributed by atoms with van der Waals surface area (Å²) in [6.07, 6.45) is 57.8. The van der Waals surface area contributed by atoms with E-state index >= 15 is 0 Å². The van der Waals surface area contributed by atoms with Crippen molar-refractivity contribution in [1.29, 1.82) is 0 Å². The van der Waals surface area contributed by atoms with Crippen molar-refractivity contribution >= 4 is 17.9 Å². The van der Waals surface area contributed by atoms with Gasteiger partial charge in [-0.25, -0.2) is 0 Å². The second-order valence-corrected chi connectivity index (χ2v) is 19.3. The Hall–Kier alpha value is -2.37. The van der Waals surface area contributed by atoms with E-state index in [-0.39, 0.29) is 12.8 Å². The van der Waals surface area contributed by atoms with Crippen molar-refractivity contribution in [3.63, 3.8) is 0 Å². The predicted molar refractivity (Wildman–Crippen MR) is 271 cm³/mol. The fourth-order valence-corrected chi connectivity index (χ4v) is 9.23. The molecule has 0 aliphatic carbocycles. The van der Waals surface area contributed by atoms with E-state index in [4.69, 9.17) is 0 Å². The Kier molecular flexibility index (Phi) is 45.8. The first kappa shape index (κ1) is 60.6. The van der Waals surface area contributed by atoms with Crippen LogP contribution in [-0.4, -0.2) is 33.2 Å². The van der Waals surface area contributed by atoms with E-state index in [1.807, 2.05) is 0 Å². The molecule has 6 nitrogen and oxygen atoms in total. The maximum Gasteiger partial charge on any atom is 0.306 e. The normalized spacial score (nSPS) is 14.0. The van der Waals surface area contributed by atoms with Crippen molar-refractivity contribution in [1.82, 2.24) is 0 Å². The molecular weight excluding hydrogens is 781 g/mol. The van der Waals surface area contributed by atoms with Crippen molar-refractivity contribution in [3.05, 3.63) is 36.5 Å². The molecule has 0 aromatic rings. The summed E-state index contributed by atoms with van der Waals surface area (Å²) in [4.78, 5) is 38.2. The molecule has 0 rings (SSSR count). The molecule has 0 aromatic heterocycles. The molecule has 0 amide bonds. The predicted octanol–water partition coefficient (Wildman–Crippen LogP) is 18.4. The van der Waals surface area contributed by atoms with Crippen LogP contribution in [0.1, 0.15) is 284 Å². The lowest BCUT2D eigenvalue weighted by Crippen LogP contribution is -2.31. The first-order valence-corrected chi connectivity index (χ1v) is 27.4.